The fourth-order valence-electron chi connectivity index (χ4n) is 2.07. The summed E-state index contributed by atoms with van der Waals surface area (Å²) in [6.45, 7) is 15.3. The van der Waals surface area contributed by atoms with Crippen molar-refractivity contribution in [1.29, 1.82) is 0 Å². The van der Waals surface area contributed by atoms with Gasteiger partial charge in [0, 0.05) is 24.9 Å². The molecule has 0 unspecified atom stereocenters. The summed E-state index contributed by atoms with van der Waals surface area (Å²) < 4.78 is 5.31. The van der Waals surface area contributed by atoms with Gasteiger partial charge in [-0.15, -0.1) is 11.3 Å². The lowest BCUT2D eigenvalue weighted by Gasteiger charge is -2.27. The number of hydrogen-bond acceptors (Lipinski definition) is 5. The summed E-state index contributed by atoms with van der Waals surface area (Å²) in [5.74, 6) is 0.721. The van der Waals surface area contributed by atoms with Crippen molar-refractivity contribution in [2.75, 3.05) is 19.6 Å². The second-order valence-electron chi connectivity index (χ2n) is 7.74. The van der Waals surface area contributed by atoms with Crippen LogP contribution in [0.4, 0.5) is 4.79 Å². The average Bonchev–Trinajstić information content (AvgIpc) is 2.87. The van der Waals surface area contributed by atoms with Crippen molar-refractivity contribution in [2.45, 2.75) is 66.0 Å². The Morgan fingerprint density at radius 3 is 2.50 bits per heavy atom. The predicted octanol–water partition coefficient (Wildman–Crippen LogP) is 2.85. The van der Waals surface area contributed by atoms with Gasteiger partial charge in [-0.1, -0.05) is 0 Å². The van der Waals surface area contributed by atoms with Crippen molar-refractivity contribution in [2.24, 2.45) is 4.99 Å². The van der Waals surface area contributed by atoms with E-state index in [0.29, 0.717) is 6.54 Å². The number of aromatic nitrogens is 1. The van der Waals surface area contributed by atoms with Gasteiger partial charge in [-0.3, -0.25) is 4.99 Å². The van der Waals surface area contributed by atoms with E-state index >= 15 is 0 Å². The van der Waals surface area contributed by atoms with Crippen molar-refractivity contribution >= 4 is 23.4 Å². The molecule has 0 aliphatic rings. The number of nitrogens with zero attached hydrogens (tertiary/aromatic N) is 2. The quantitative estimate of drug-likeness (QED) is 0.498. The molecule has 0 atom stereocenters. The van der Waals surface area contributed by atoms with E-state index in [2.05, 4.69) is 31.3 Å². The number of hydrogen-bond donors (Lipinski definition) is 3. The number of rotatable bonds is 7. The van der Waals surface area contributed by atoms with Crippen LogP contribution in [0.15, 0.2) is 10.4 Å². The van der Waals surface area contributed by atoms with Crippen molar-refractivity contribution in [1.82, 2.24) is 20.9 Å². The molecule has 1 rings (SSSR count). The monoisotopic (exact) mass is 383 g/mol. The molecule has 0 aliphatic carbocycles. The molecule has 7 nitrogen and oxygen atoms in total. The number of amides is 1. The lowest BCUT2D eigenvalue weighted by atomic mass is 10.1. The summed E-state index contributed by atoms with van der Waals surface area (Å²) in [6, 6.07) is 0. The smallest absolute Gasteiger partial charge is 0.408 e. The predicted molar refractivity (Wildman–Crippen MR) is 108 cm³/mol. The number of aryl methyl sites for hydroxylation is 1. The molecule has 148 valence electrons. The van der Waals surface area contributed by atoms with E-state index in [0.717, 1.165) is 36.2 Å². The van der Waals surface area contributed by atoms with Gasteiger partial charge in [-0.2, -0.15) is 0 Å². The molecule has 0 aliphatic heterocycles. The van der Waals surface area contributed by atoms with E-state index < -0.39 is 17.2 Å². The standard InChI is InChI=1S/C18H33N5O2S/c1-8-19-15(20-10-9-14-11-26-13(2)22-14)21-12-18(6,7)23-16(24)25-17(3,4)5/h11H,8-10,12H2,1-7H3,(H,23,24)(H2,19,20,21). The zero-order valence-electron chi connectivity index (χ0n) is 17.0. The maximum absolute atomic E-state index is 12.0. The Kier molecular flexibility index (Phi) is 8.33. The number of nitrogens with one attached hydrogen (secondary N) is 3. The van der Waals surface area contributed by atoms with Crippen LogP contribution in [0.3, 0.4) is 0 Å². The van der Waals surface area contributed by atoms with Crippen LogP contribution in [-0.4, -0.2) is 47.8 Å². The van der Waals surface area contributed by atoms with Crippen molar-refractivity contribution in [3.8, 4) is 0 Å². The number of ether oxygens (including phenoxy) is 1. The highest BCUT2D eigenvalue weighted by Gasteiger charge is 2.24. The van der Waals surface area contributed by atoms with E-state index in [9.17, 15) is 4.79 Å². The normalized spacial score (nSPS) is 12.7. The van der Waals surface area contributed by atoms with Crippen LogP contribution in [0.1, 0.15) is 52.2 Å². The summed E-state index contributed by atoms with van der Waals surface area (Å²) in [4.78, 5) is 21.0. The van der Waals surface area contributed by atoms with Gasteiger partial charge in [0.25, 0.3) is 0 Å². The van der Waals surface area contributed by atoms with Gasteiger partial charge >= 0.3 is 6.09 Å². The van der Waals surface area contributed by atoms with E-state index in [1.165, 1.54) is 0 Å². The number of guanidine groups is 1. The van der Waals surface area contributed by atoms with Gasteiger partial charge in [0.15, 0.2) is 5.96 Å². The summed E-state index contributed by atoms with van der Waals surface area (Å²) in [6.07, 6.45) is 0.406. The van der Waals surface area contributed by atoms with Gasteiger partial charge in [0.05, 0.1) is 22.8 Å². The largest absolute Gasteiger partial charge is 0.444 e. The summed E-state index contributed by atoms with van der Waals surface area (Å²) in [5, 5.41) is 12.5. The Labute approximate surface area is 161 Å². The number of aliphatic imine (C=N–C) groups is 1. The van der Waals surface area contributed by atoms with Crippen LogP contribution in [0.2, 0.25) is 0 Å². The maximum Gasteiger partial charge on any atom is 0.408 e. The fourth-order valence-corrected chi connectivity index (χ4v) is 2.72. The Morgan fingerprint density at radius 1 is 1.27 bits per heavy atom. The second kappa shape index (κ2) is 9.75. The highest BCUT2D eigenvalue weighted by Crippen LogP contribution is 2.10. The van der Waals surface area contributed by atoms with Gasteiger partial charge in [0.2, 0.25) is 0 Å². The van der Waals surface area contributed by atoms with Gasteiger partial charge < -0.3 is 20.7 Å². The summed E-state index contributed by atoms with van der Waals surface area (Å²) in [7, 11) is 0. The molecule has 0 fully saturated rings. The van der Waals surface area contributed by atoms with Crippen LogP contribution < -0.4 is 16.0 Å². The van der Waals surface area contributed by atoms with Crippen LogP contribution >= 0.6 is 11.3 Å². The molecule has 0 spiro atoms. The third-order valence-corrected chi connectivity index (χ3v) is 3.98. The molecule has 26 heavy (non-hydrogen) atoms. The number of thiazole rings is 1. The minimum Gasteiger partial charge on any atom is -0.444 e. The Hall–Kier alpha value is -1.83. The second-order valence-corrected chi connectivity index (χ2v) is 8.80. The molecule has 8 heteroatoms. The van der Waals surface area contributed by atoms with E-state index in [4.69, 9.17) is 4.74 Å². The van der Waals surface area contributed by atoms with Crippen LogP contribution in [0.5, 0.6) is 0 Å². The number of alkyl carbamates (subject to hydrolysis) is 1. The van der Waals surface area contributed by atoms with Crippen molar-refractivity contribution in [3.05, 3.63) is 16.1 Å². The fraction of sp³-hybridized carbons (Fsp3) is 0.722. The average molecular weight is 384 g/mol. The molecule has 0 bridgehead atoms. The molecule has 3 N–H and O–H groups in total. The minimum atomic E-state index is -0.520. The summed E-state index contributed by atoms with van der Waals surface area (Å²) in [5.41, 5.74) is 0.0489. The molecule has 0 radical (unpaired) electrons. The molecule has 1 aromatic rings. The molecule has 1 amide bonds. The lowest BCUT2D eigenvalue weighted by Crippen LogP contribution is -2.49. The number of carbonyl (C=O) groups excluding carboxylic acids is 1. The first-order valence-corrected chi connectivity index (χ1v) is 9.83. The molecular formula is C18H33N5O2S. The van der Waals surface area contributed by atoms with Crippen LogP contribution in [0, 0.1) is 6.92 Å². The molecule has 0 aromatic carbocycles. The van der Waals surface area contributed by atoms with Gasteiger partial charge in [-0.05, 0) is 48.5 Å². The molecule has 0 saturated heterocycles. The molecule has 0 saturated carbocycles. The van der Waals surface area contributed by atoms with Gasteiger partial charge in [0.1, 0.15) is 5.60 Å². The number of carbonyl (C=O) groups is 1. The first-order chi connectivity index (χ1) is 12.0. The molecule has 1 heterocycles. The first kappa shape index (κ1) is 22.2. The van der Waals surface area contributed by atoms with Crippen LogP contribution in [0.25, 0.3) is 0 Å². The zero-order valence-corrected chi connectivity index (χ0v) is 17.8. The van der Waals surface area contributed by atoms with Crippen molar-refractivity contribution in [3.63, 3.8) is 0 Å². The zero-order chi connectivity index (χ0) is 19.8. The van der Waals surface area contributed by atoms with E-state index in [1.807, 2.05) is 48.5 Å². The van der Waals surface area contributed by atoms with E-state index in [1.54, 1.807) is 11.3 Å². The lowest BCUT2D eigenvalue weighted by molar-refractivity contribution is 0.0476. The minimum absolute atomic E-state index is 0.428. The first-order valence-electron chi connectivity index (χ1n) is 8.95. The Balaban J connectivity index is 2.53. The topological polar surface area (TPSA) is 87.6 Å². The Bertz CT molecular complexity index is 605. The van der Waals surface area contributed by atoms with Gasteiger partial charge in [-0.25, -0.2) is 9.78 Å². The highest BCUT2D eigenvalue weighted by molar-refractivity contribution is 7.09. The molecule has 1 aromatic heterocycles. The Morgan fingerprint density at radius 2 is 1.96 bits per heavy atom. The molecular weight excluding hydrogens is 350 g/mol. The van der Waals surface area contributed by atoms with Crippen LogP contribution in [-0.2, 0) is 11.2 Å². The third-order valence-electron chi connectivity index (χ3n) is 3.16. The maximum atomic E-state index is 12.0. The SMILES string of the molecule is CCNC(=NCC(C)(C)NC(=O)OC(C)(C)C)NCCc1csc(C)n1. The summed E-state index contributed by atoms with van der Waals surface area (Å²) >= 11 is 1.66. The highest BCUT2D eigenvalue weighted by atomic mass is 32.1. The van der Waals surface area contributed by atoms with Crippen molar-refractivity contribution < 1.29 is 9.53 Å². The van der Waals surface area contributed by atoms with E-state index in [-0.39, 0.29) is 0 Å². The third kappa shape index (κ3) is 9.60.